The molecule has 3 aromatic carbocycles. The van der Waals surface area contributed by atoms with Crippen molar-refractivity contribution in [3.8, 4) is 11.5 Å². The summed E-state index contributed by atoms with van der Waals surface area (Å²) in [6.07, 6.45) is 1.85. The first-order valence-corrected chi connectivity index (χ1v) is 15.4. The smallest absolute Gasteiger partial charge is 0.271 e. The highest BCUT2D eigenvalue weighted by Crippen LogP contribution is 2.36. The maximum Gasteiger partial charge on any atom is 0.271 e. The summed E-state index contributed by atoms with van der Waals surface area (Å²) < 4.78 is 14.6. The number of aromatic nitrogens is 1. The van der Waals surface area contributed by atoms with Crippen molar-refractivity contribution in [2.24, 2.45) is 4.99 Å². The number of fused-ring (bicyclic) bond motifs is 1. The van der Waals surface area contributed by atoms with Crippen LogP contribution >= 0.6 is 27.3 Å². The number of para-hydroxylation sites is 1. The molecule has 0 aliphatic carbocycles. The molecule has 0 N–H and O–H groups in total. The van der Waals surface area contributed by atoms with Crippen molar-refractivity contribution in [1.29, 1.82) is 0 Å². The molecule has 42 heavy (non-hydrogen) atoms. The first-order valence-electron chi connectivity index (χ1n) is 13.8. The van der Waals surface area contributed by atoms with Crippen molar-refractivity contribution in [2.75, 3.05) is 20.2 Å². The minimum Gasteiger partial charge on any atom is -0.496 e. The van der Waals surface area contributed by atoms with E-state index in [-0.39, 0.29) is 11.5 Å². The topological polar surface area (TPSA) is 73.1 Å². The number of amides is 1. The van der Waals surface area contributed by atoms with Crippen LogP contribution in [0, 0.1) is 0 Å². The molecule has 0 bridgehead atoms. The Morgan fingerprint density at radius 3 is 2.45 bits per heavy atom. The number of halogens is 1. The number of carbonyl (C=O) groups excluding carboxylic acids is 1. The number of hydrogen-bond acceptors (Lipinski definition) is 6. The van der Waals surface area contributed by atoms with Crippen molar-refractivity contribution in [3.05, 3.63) is 125 Å². The molecule has 0 saturated carbocycles. The third kappa shape index (κ3) is 5.84. The van der Waals surface area contributed by atoms with E-state index in [2.05, 4.69) is 15.9 Å². The van der Waals surface area contributed by atoms with Gasteiger partial charge >= 0.3 is 0 Å². The van der Waals surface area contributed by atoms with E-state index in [1.165, 1.54) is 11.3 Å². The molecule has 0 fully saturated rings. The van der Waals surface area contributed by atoms with Gasteiger partial charge in [0.15, 0.2) is 4.80 Å². The second-order valence-corrected chi connectivity index (χ2v) is 11.6. The third-order valence-corrected chi connectivity index (χ3v) is 8.83. The molecule has 5 rings (SSSR count). The number of likely N-dealkylation sites (N-methyl/N-ethyl adjacent to an activating group) is 1. The normalized spacial score (nSPS) is 14.8. The molecule has 0 saturated heterocycles. The molecule has 0 spiro atoms. The largest absolute Gasteiger partial charge is 0.496 e. The average Bonchev–Trinajstić information content (AvgIpc) is 3.30. The molecule has 1 aliphatic rings. The molecule has 7 nitrogen and oxygen atoms in total. The van der Waals surface area contributed by atoms with E-state index in [0.717, 1.165) is 21.2 Å². The van der Waals surface area contributed by atoms with Gasteiger partial charge in [0.1, 0.15) is 24.1 Å². The van der Waals surface area contributed by atoms with Crippen LogP contribution in [0.4, 0.5) is 0 Å². The van der Waals surface area contributed by atoms with Gasteiger partial charge in [0, 0.05) is 18.7 Å². The fraction of sp³-hybridized carbons (Fsp3) is 0.242. The van der Waals surface area contributed by atoms with Crippen LogP contribution in [0.2, 0.25) is 0 Å². The molecule has 4 aromatic rings. The highest BCUT2D eigenvalue weighted by molar-refractivity contribution is 9.10. The van der Waals surface area contributed by atoms with Crippen LogP contribution in [-0.4, -0.2) is 35.6 Å². The van der Waals surface area contributed by atoms with Crippen LogP contribution in [0.1, 0.15) is 43.5 Å². The Kier molecular flexibility index (Phi) is 9.09. The van der Waals surface area contributed by atoms with Crippen molar-refractivity contribution >= 4 is 39.2 Å². The zero-order valence-corrected chi connectivity index (χ0v) is 26.4. The van der Waals surface area contributed by atoms with Crippen molar-refractivity contribution in [3.63, 3.8) is 0 Å². The van der Waals surface area contributed by atoms with Gasteiger partial charge in [0.25, 0.3) is 11.5 Å². The SMILES string of the molecule is CCN(CC)C(=O)C1=C(C)N=c2s/c(=C/c3ccc(OCc4ccccc4)c(Br)c3)c(=O)n2[C@@H]1c1ccccc1OC. The number of benzene rings is 3. The minimum absolute atomic E-state index is 0.138. The van der Waals surface area contributed by atoms with E-state index in [1.54, 1.807) is 16.6 Å². The summed E-state index contributed by atoms with van der Waals surface area (Å²) in [5.41, 5.74) is 3.51. The maximum atomic E-state index is 14.1. The quantitative estimate of drug-likeness (QED) is 0.243. The lowest BCUT2D eigenvalue weighted by Crippen LogP contribution is -2.43. The number of ether oxygens (including phenoxy) is 2. The fourth-order valence-corrected chi connectivity index (χ4v) is 6.63. The van der Waals surface area contributed by atoms with Gasteiger partial charge in [0.2, 0.25) is 0 Å². The molecule has 1 aromatic heterocycles. The van der Waals surface area contributed by atoms with Gasteiger partial charge in [-0.2, -0.15) is 0 Å². The predicted molar refractivity (Wildman–Crippen MR) is 170 cm³/mol. The number of allylic oxidation sites excluding steroid dienone is 1. The van der Waals surface area contributed by atoms with Gasteiger partial charge < -0.3 is 14.4 Å². The molecule has 0 unspecified atom stereocenters. The Labute approximate surface area is 257 Å². The van der Waals surface area contributed by atoms with E-state index in [0.29, 0.717) is 51.8 Å². The van der Waals surface area contributed by atoms with Crippen LogP contribution in [-0.2, 0) is 11.4 Å². The average molecular weight is 647 g/mol. The van der Waals surface area contributed by atoms with Gasteiger partial charge in [-0.15, -0.1) is 0 Å². The van der Waals surface area contributed by atoms with Crippen LogP contribution in [0.25, 0.3) is 6.08 Å². The van der Waals surface area contributed by atoms with Gasteiger partial charge in [0.05, 0.1) is 27.4 Å². The lowest BCUT2D eigenvalue weighted by molar-refractivity contribution is -0.127. The van der Waals surface area contributed by atoms with E-state index >= 15 is 0 Å². The van der Waals surface area contributed by atoms with Crippen molar-refractivity contribution in [2.45, 2.75) is 33.4 Å². The number of carbonyl (C=O) groups is 1. The van der Waals surface area contributed by atoms with Gasteiger partial charge in [-0.05, 0) is 72.1 Å². The molecule has 1 atom stereocenters. The number of thiazole rings is 1. The van der Waals surface area contributed by atoms with Crippen LogP contribution in [0.5, 0.6) is 11.5 Å². The minimum atomic E-state index is -0.673. The summed E-state index contributed by atoms with van der Waals surface area (Å²) in [5, 5.41) is 0. The second kappa shape index (κ2) is 12.9. The second-order valence-electron chi connectivity index (χ2n) is 9.77. The summed E-state index contributed by atoms with van der Waals surface area (Å²) in [6, 6.07) is 22.5. The molecule has 2 heterocycles. The summed E-state index contributed by atoms with van der Waals surface area (Å²) in [7, 11) is 1.59. The Hall–Kier alpha value is -3.95. The van der Waals surface area contributed by atoms with E-state index in [1.807, 2.05) is 99.6 Å². The van der Waals surface area contributed by atoms with E-state index in [9.17, 15) is 9.59 Å². The lowest BCUT2D eigenvalue weighted by Gasteiger charge is -2.29. The molecular weight excluding hydrogens is 614 g/mol. The van der Waals surface area contributed by atoms with E-state index < -0.39 is 6.04 Å². The first-order chi connectivity index (χ1) is 20.4. The zero-order valence-electron chi connectivity index (χ0n) is 24.0. The molecular formula is C33H32BrN3O4S. The summed E-state index contributed by atoms with van der Waals surface area (Å²) in [5.74, 6) is 1.18. The Bertz CT molecular complexity index is 1820. The molecule has 1 aliphatic heterocycles. The Morgan fingerprint density at radius 2 is 1.76 bits per heavy atom. The zero-order chi connectivity index (χ0) is 29.8. The van der Waals surface area contributed by atoms with E-state index in [4.69, 9.17) is 14.5 Å². The van der Waals surface area contributed by atoms with Crippen LogP contribution in [0.15, 0.2) is 98.3 Å². The molecule has 216 valence electrons. The summed E-state index contributed by atoms with van der Waals surface area (Å²) >= 11 is 4.92. The van der Waals surface area contributed by atoms with Gasteiger partial charge in [-0.25, -0.2) is 4.99 Å². The molecule has 9 heteroatoms. The lowest BCUT2D eigenvalue weighted by atomic mass is 9.94. The monoisotopic (exact) mass is 645 g/mol. The fourth-order valence-electron chi connectivity index (χ4n) is 5.07. The van der Waals surface area contributed by atoms with Crippen LogP contribution in [0.3, 0.4) is 0 Å². The number of hydrogen-bond donors (Lipinski definition) is 0. The van der Waals surface area contributed by atoms with Crippen molar-refractivity contribution in [1.82, 2.24) is 9.47 Å². The van der Waals surface area contributed by atoms with Crippen molar-refractivity contribution < 1.29 is 14.3 Å². The highest BCUT2D eigenvalue weighted by atomic mass is 79.9. The van der Waals surface area contributed by atoms with Gasteiger partial charge in [-0.1, -0.05) is 65.9 Å². The Morgan fingerprint density at radius 1 is 1.05 bits per heavy atom. The number of nitrogens with zero attached hydrogens (tertiary/aromatic N) is 3. The molecule has 0 radical (unpaired) electrons. The first kappa shape index (κ1) is 29.5. The predicted octanol–water partition coefficient (Wildman–Crippen LogP) is 5.45. The maximum absolute atomic E-state index is 14.1. The molecule has 1 amide bonds. The number of rotatable bonds is 9. The van der Waals surface area contributed by atoms with Crippen LogP contribution < -0.4 is 24.4 Å². The summed E-state index contributed by atoms with van der Waals surface area (Å²) in [4.78, 5) is 34.9. The highest BCUT2D eigenvalue weighted by Gasteiger charge is 2.35. The standard InChI is InChI=1S/C33H32BrN3O4S/c1-5-36(6-2)32(39)29-21(3)35-33-37(30(29)24-14-10-11-15-26(24)40-4)31(38)28(42-33)19-23-16-17-27(25(34)18-23)41-20-22-12-8-7-9-13-22/h7-19,30H,5-6,20H2,1-4H3/b28-19+/t30-/m1/s1. The number of methoxy groups -OCH3 is 1. The van der Waals surface area contributed by atoms with Gasteiger partial charge in [-0.3, -0.25) is 14.2 Å². The Balaban J connectivity index is 1.58. The summed E-state index contributed by atoms with van der Waals surface area (Å²) in [6.45, 7) is 7.28. The third-order valence-electron chi connectivity index (χ3n) is 7.23.